The van der Waals surface area contributed by atoms with Crippen molar-refractivity contribution in [1.82, 2.24) is 4.98 Å². The highest BCUT2D eigenvalue weighted by Gasteiger charge is 2.22. The summed E-state index contributed by atoms with van der Waals surface area (Å²) in [7, 11) is 0. The van der Waals surface area contributed by atoms with Crippen molar-refractivity contribution in [2.24, 2.45) is 5.73 Å². The zero-order chi connectivity index (χ0) is 14.7. The summed E-state index contributed by atoms with van der Waals surface area (Å²) in [5.74, 6) is 0.815. The highest BCUT2D eigenvalue weighted by atomic mass is 16.5. The zero-order valence-electron chi connectivity index (χ0n) is 12.7. The predicted molar refractivity (Wildman–Crippen MR) is 82.7 cm³/mol. The van der Waals surface area contributed by atoms with Gasteiger partial charge in [0.05, 0.1) is 30.3 Å². The van der Waals surface area contributed by atoms with Gasteiger partial charge in [-0.15, -0.1) is 0 Å². The van der Waals surface area contributed by atoms with Crippen LogP contribution >= 0.6 is 0 Å². The van der Waals surface area contributed by atoms with Crippen LogP contribution in [0.1, 0.15) is 32.6 Å². The lowest BCUT2D eigenvalue weighted by atomic mass is 10.1. The predicted octanol–water partition coefficient (Wildman–Crippen LogP) is 1.96. The molecule has 2 N–H and O–H groups in total. The number of rotatable bonds is 4. The molecule has 1 aromatic heterocycles. The molecule has 0 aromatic carbocycles. The molecule has 5 heteroatoms. The highest BCUT2D eigenvalue weighted by Crippen LogP contribution is 2.24. The molecule has 0 bridgehead atoms. The molecule has 0 radical (unpaired) electrons. The fourth-order valence-corrected chi connectivity index (χ4v) is 3.10. The Morgan fingerprint density at radius 3 is 3.05 bits per heavy atom. The van der Waals surface area contributed by atoms with Gasteiger partial charge in [-0.25, -0.2) is 0 Å². The minimum Gasteiger partial charge on any atom is -0.489 e. The van der Waals surface area contributed by atoms with E-state index in [-0.39, 0.29) is 12.1 Å². The second kappa shape index (κ2) is 6.62. The third-order valence-corrected chi connectivity index (χ3v) is 4.28. The minimum atomic E-state index is 0.215. The molecule has 0 saturated carbocycles. The molecule has 2 aliphatic heterocycles. The quantitative estimate of drug-likeness (QED) is 0.919. The fourth-order valence-electron chi connectivity index (χ4n) is 3.10. The largest absolute Gasteiger partial charge is 0.489 e. The number of nitrogens with zero attached hydrogens (tertiary/aromatic N) is 2. The second-order valence-electron chi connectivity index (χ2n) is 6.18. The molecule has 0 aliphatic carbocycles. The first-order chi connectivity index (χ1) is 10.2. The average molecular weight is 291 g/mol. The summed E-state index contributed by atoms with van der Waals surface area (Å²) < 4.78 is 11.6. The lowest BCUT2D eigenvalue weighted by molar-refractivity contribution is 0.0264. The molecule has 3 atom stereocenters. The topological polar surface area (TPSA) is 60.6 Å². The van der Waals surface area contributed by atoms with Crippen molar-refractivity contribution in [2.75, 3.05) is 24.6 Å². The Morgan fingerprint density at radius 2 is 2.29 bits per heavy atom. The average Bonchev–Trinajstić information content (AvgIpc) is 2.91. The number of pyridine rings is 1. The molecule has 116 valence electrons. The normalized spacial score (nSPS) is 29.6. The number of aromatic nitrogens is 1. The molecule has 3 rings (SSSR count). The van der Waals surface area contributed by atoms with Gasteiger partial charge in [0, 0.05) is 25.2 Å². The molecule has 0 amide bonds. The van der Waals surface area contributed by atoms with Crippen LogP contribution in [-0.4, -0.2) is 42.9 Å². The molecule has 2 fully saturated rings. The van der Waals surface area contributed by atoms with E-state index in [1.165, 1.54) is 0 Å². The highest BCUT2D eigenvalue weighted by molar-refractivity contribution is 5.48. The Morgan fingerprint density at radius 1 is 1.38 bits per heavy atom. The summed E-state index contributed by atoms with van der Waals surface area (Å²) in [5, 5.41) is 0. The maximum absolute atomic E-state index is 6.05. The molecule has 21 heavy (non-hydrogen) atoms. The van der Waals surface area contributed by atoms with E-state index >= 15 is 0 Å². The third-order valence-electron chi connectivity index (χ3n) is 4.28. The SMILES string of the molecule is CC1CCC(COc2cncc(N3CCCC(N)C3)c2)O1. The first-order valence-electron chi connectivity index (χ1n) is 7.94. The molecule has 0 spiro atoms. The van der Waals surface area contributed by atoms with Crippen LogP contribution in [0.4, 0.5) is 5.69 Å². The fraction of sp³-hybridized carbons (Fsp3) is 0.688. The summed E-state index contributed by atoms with van der Waals surface area (Å²) in [6.07, 6.45) is 8.68. The Labute approximate surface area is 126 Å². The van der Waals surface area contributed by atoms with Gasteiger partial charge in [0.25, 0.3) is 0 Å². The van der Waals surface area contributed by atoms with Crippen molar-refractivity contribution in [3.63, 3.8) is 0 Å². The first kappa shape index (κ1) is 14.6. The van der Waals surface area contributed by atoms with Gasteiger partial charge in [0.15, 0.2) is 0 Å². The van der Waals surface area contributed by atoms with Gasteiger partial charge >= 0.3 is 0 Å². The molecule has 2 saturated heterocycles. The van der Waals surface area contributed by atoms with E-state index in [2.05, 4.69) is 22.9 Å². The molecule has 3 unspecified atom stereocenters. The molecule has 3 heterocycles. The van der Waals surface area contributed by atoms with Crippen molar-refractivity contribution in [1.29, 1.82) is 0 Å². The Balaban J connectivity index is 1.57. The maximum atomic E-state index is 6.05. The van der Waals surface area contributed by atoms with Crippen LogP contribution in [0.5, 0.6) is 5.75 Å². The number of hydrogen-bond acceptors (Lipinski definition) is 5. The Hall–Kier alpha value is -1.33. The molecule has 5 nitrogen and oxygen atoms in total. The second-order valence-corrected chi connectivity index (χ2v) is 6.18. The van der Waals surface area contributed by atoms with Gasteiger partial charge in [-0.3, -0.25) is 4.98 Å². The van der Waals surface area contributed by atoms with Crippen LogP contribution in [0.2, 0.25) is 0 Å². The van der Waals surface area contributed by atoms with E-state index in [1.54, 1.807) is 6.20 Å². The summed E-state index contributed by atoms with van der Waals surface area (Å²) in [4.78, 5) is 6.59. The summed E-state index contributed by atoms with van der Waals surface area (Å²) in [6.45, 7) is 4.66. The van der Waals surface area contributed by atoms with Gasteiger partial charge in [0.1, 0.15) is 12.4 Å². The zero-order valence-corrected chi connectivity index (χ0v) is 12.7. The maximum Gasteiger partial charge on any atom is 0.139 e. The van der Waals surface area contributed by atoms with Crippen LogP contribution in [0.15, 0.2) is 18.5 Å². The number of piperidine rings is 1. The van der Waals surface area contributed by atoms with E-state index in [0.717, 1.165) is 50.2 Å². The van der Waals surface area contributed by atoms with Crippen LogP contribution in [0.3, 0.4) is 0 Å². The van der Waals surface area contributed by atoms with Crippen LogP contribution in [0.25, 0.3) is 0 Å². The van der Waals surface area contributed by atoms with Crippen LogP contribution < -0.4 is 15.4 Å². The Kier molecular flexibility index (Phi) is 4.60. The number of ether oxygens (including phenoxy) is 2. The number of hydrogen-bond donors (Lipinski definition) is 1. The summed E-state index contributed by atoms with van der Waals surface area (Å²) in [6, 6.07) is 2.32. The minimum absolute atomic E-state index is 0.215. The standard InChI is InChI=1S/C16H25N3O2/c1-12-4-5-15(21-12)11-20-16-7-14(8-18-9-16)19-6-2-3-13(17)10-19/h7-9,12-13,15H,2-6,10-11,17H2,1H3. The van der Waals surface area contributed by atoms with Gasteiger partial charge in [-0.2, -0.15) is 0 Å². The van der Waals surface area contributed by atoms with Gasteiger partial charge in [0.2, 0.25) is 0 Å². The number of anilines is 1. The van der Waals surface area contributed by atoms with E-state index in [1.807, 2.05) is 6.20 Å². The molecular weight excluding hydrogens is 266 g/mol. The lowest BCUT2D eigenvalue weighted by Crippen LogP contribution is -2.42. The smallest absolute Gasteiger partial charge is 0.139 e. The molecular formula is C16H25N3O2. The first-order valence-corrected chi connectivity index (χ1v) is 7.94. The van der Waals surface area contributed by atoms with E-state index in [9.17, 15) is 0 Å². The van der Waals surface area contributed by atoms with Crippen molar-refractivity contribution in [2.45, 2.75) is 50.9 Å². The van der Waals surface area contributed by atoms with E-state index < -0.39 is 0 Å². The third kappa shape index (κ3) is 3.86. The Bertz CT molecular complexity index is 469. The summed E-state index contributed by atoms with van der Waals surface area (Å²) in [5.41, 5.74) is 7.15. The van der Waals surface area contributed by atoms with Gasteiger partial charge < -0.3 is 20.1 Å². The molecule has 2 aliphatic rings. The lowest BCUT2D eigenvalue weighted by Gasteiger charge is -2.32. The number of nitrogens with two attached hydrogens (primary N) is 1. The monoisotopic (exact) mass is 291 g/mol. The van der Waals surface area contributed by atoms with E-state index in [0.29, 0.717) is 12.7 Å². The van der Waals surface area contributed by atoms with Crippen LogP contribution in [-0.2, 0) is 4.74 Å². The summed E-state index contributed by atoms with van der Waals surface area (Å²) >= 11 is 0. The molecule has 1 aromatic rings. The van der Waals surface area contributed by atoms with Gasteiger partial charge in [-0.1, -0.05) is 0 Å². The van der Waals surface area contributed by atoms with Crippen LogP contribution in [0, 0.1) is 0 Å². The van der Waals surface area contributed by atoms with Crippen molar-refractivity contribution in [3.8, 4) is 5.75 Å². The van der Waals surface area contributed by atoms with Crippen molar-refractivity contribution < 1.29 is 9.47 Å². The van der Waals surface area contributed by atoms with Gasteiger partial charge in [-0.05, 0) is 32.6 Å². The van der Waals surface area contributed by atoms with Crippen molar-refractivity contribution >= 4 is 5.69 Å². The van der Waals surface area contributed by atoms with E-state index in [4.69, 9.17) is 15.2 Å². The van der Waals surface area contributed by atoms with Crippen molar-refractivity contribution in [3.05, 3.63) is 18.5 Å².